The van der Waals surface area contributed by atoms with Gasteiger partial charge in [0.1, 0.15) is 5.76 Å². The Kier molecular flexibility index (Phi) is 4.30. The standard InChI is InChI=1S/C15H19NO3S/c1-8-5-13(11(4)20-8)9(2)16-7-12-6-14(15(17)18)19-10(12)3/h5-6,9,16H,7H2,1-4H3,(H,17,18). The lowest BCUT2D eigenvalue weighted by Gasteiger charge is -2.13. The van der Waals surface area contributed by atoms with Gasteiger partial charge in [-0.25, -0.2) is 4.79 Å². The molecule has 4 nitrogen and oxygen atoms in total. The van der Waals surface area contributed by atoms with Gasteiger partial charge in [0.2, 0.25) is 5.76 Å². The summed E-state index contributed by atoms with van der Waals surface area (Å²) in [6.07, 6.45) is 0. The third-order valence-corrected chi connectivity index (χ3v) is 4.36. The first kappa shape index (κ1) is 14.8. The molecular weight excluding hydrogens is 274 g/mol. The highest BCUT2D eigenvalue weighted by atomic mass is 32.1. The molecule has 2 aromatic heterocycles. The van der Waals surface area contributed by atoms with Crippen LogP contribution in [0, 0.1) is 20.8 Å². The number of carboxylic acids is 1. The summed E-state index contributed by atoms with van der Waals surface area (Å²) in [5.74, 6) is -0.383. The zero-order chi connectivity index (χ0) is 14.9. The van der Waals surface area contributed by atoms with Gasteiger partial charge in [0.15, 0.2) is 0 Å². The summed E-state index contributed by atoms with van der Waals surface area (Å²) in [5.41, 5.74) is 2.19. The maximum Gasteiger partial charge on any atom is 0.371 e. The summed E-state index contributed by atoms with van der Waals surface area (Å²) in [4.78, 5) is 13.5. The van der Waals surface area contributed by atoms with Crippen LogP contribution < -0.4 is 5.32 Å². The zero-order valence-corrected chi connectivity index (χ0v) is 12.9. The van der Waals surface area contributed by atoms with Crippen LogP contribution >= 0.6 is 11.3 Å². The summed E-state index contributed by atoms with van der Waals surface area (Å²) in [7, 11) is 0. The van der Waals surface area contributed by atoms with E-state index in [0.29, 0.717) is 12.3 Å². The number of rotatable bonds is 5. The fourth-order valence-electron chi connectivity index (χ4n) is 2.25. The molecule has 0 aliphatic carbocycles. The number of aryl methyl sites for hydroxylation is 3. The number of aromatic carboxylic acids is 1. The third-order valence-electron chi connectivity index (χ3n) is 3.38. The smallest absolute Gasteiger partial charge is 0.371 e. The molecule has 1 atom stereocenters. The highest BCUT2D eigenvalue weighted by Crippen LogP contribution is 2.26. The van der Waals surface area contributed by atoms with E-state index in [4.69, 9.17) is 9.52 Å². The molecule has 0 aromatic carbocycles. The average molecular weight is 293 g/mol. The van der Waals surface area contributed by atoms with Crippen LogP contribution in [-0.2, 0) is 6.54 Å². The van der Waals surface area contributed by atoms with E-state index in [1.165, 1.54) is 15.3 Å². The van der Waals surface area contributed by atoms with Crippen LogP contribution in [0.25, 0.3) is 0 Å². The van der Waals surface area contributed by atoms with Gasteiger partial charge in [-0.2, -0.15) is 0 Å². The van der Waals surface area contributed by atoms with Crippen molar-refractivity contribution in [2.45, 2.75) is 40.3 Å². The van der Waals surface area contributed by atoms with Crippen molar-refractivity contribution in [2.75, 3.05) is 0 Å². The lowest BCUT2D eigenvalue weighted by Crippen LogP contribution is -2.18. The van der Waals surface area contributed by atoms with Crippen LogP contribution in [0.1, 0.15) is 50.2 Å². The van der Waals surface area contributed by atoms with Crippen LogP contribution in [0.2, 0.25) is 0 Å². The summed E-state index contributed by atoms with van der Waals surface area (Å²) in [5, 5.41) is 12.3. The Hall–Kier alpha value is -1.59. The summed E-state index contributed by atoms with van der Waals surface area (Å²) in [6, 6.07) is 4.01. The van der Waals surface area contributed by atoms with Crippen LogP contribution in [0.15, 0.2) is 16.5 Å². The molecule has 108 valence electrons. The molecule has 1 unspecified atom stereocenters. The minimum Gasteiger partial charge on any atom is -0.475 e. The molecule has 0 spiro atoms. The second-order valence-electron chi connectivity index (χ2n) is 4.97. The van der Waals surface area contributed by atoms with E-state index in [0.717, 1.165) is 5.56 Å². The van der Waals surface area contributed by atoms with E-state index in [1.54, 1.807) is 24.3 Å². The Morgan fingerprint density at radius 3 is 2.60 bits per heavy atom. The quantitative estimate of drug-likeness (QED) is 0.879. The van der Waals surface area contributed by atoms with Crippen molar-refractivity contribution < 1.29 is 14.3 Å². The van der Waals surface area contributed by atoms with Crippen molar-refractivity contribution in [1.29, 1.82) is 0 Å². The molecule has 0 saturated carbocycles. The summed E-state index contributed by atoms with van der Waals surface area (Å²) < 4.78 is 5.20. The molecule has 2 aromatic rings. The predicted molar refractivity (Wildman–Crippen MR) is 79.5 cm³/mol. The zero-order valence-electron chi connectivity index (χ0n) is 12.1. The van der Waals surface area contributed by atoms with Gasteiger partial charge in [-0.05, 0) is 45.4 Å². The molecule has 0 aliphatic rings. The Morgan fingerprint density at radius 2 is 2.10 bits per heavy atom. The Labute approximate surface area is 122 Å². The molecule has 2 heterocycles. The van der Waals surface area contributed by atoms with Crippen LogP contribution in [0.5, 0.6) is 0 Å². The van der Waals surface area contributed by atoms with Gasteiger partial charge in [-0.15, -0.1) is 11.3 Å². The molecular formula is C15H19NO3S. The number of thiophene rings is 1. The first-order chi connectivity index (χ1) is 9.38. The molecule has 20 heavy (non-hydrogen) atoms. The van der Waals surface area contributed by atoms with Gasteiger partial charge in [0, 0.05) is 27.9 Å². The number of nitrogens with one attached hydrogen (secondary N) is 1. The minimum absolute atomic E-state index is 0.00508. The lowest BCUT2D eigenvalue weighted by atomic mass is 10.1. The van der Waals surface area contributed by atoms with Crippen LogP contribution in [0.3, 0.4) is 0 Å². The van der Waals surface area contributed by atoms with E-state index in [-0.39, 0.29) is 11.8 Å². The fraction of sp³-hybridized carbons (Fsp3) is 0.400. The number of hydrogen-bond acceptors (Lipinski definition) is 4. The maximum atomic E-state index is 10.9. The van der Waals surface area contributed by atoms with Gasteiger partial charge in [-0.1, -0.05) is 0 Å². The number of hydrogen-bond donors (Lipinski definition) is 2. The number of carboxylic acid groups (broad SMARTS) is 1. The van der Waals surface area contributed by atoms with E-state index < -0.39 is 5.97 Å². The summed E-state index contributed by atoms with van der Waals surface area (Å²) >= 11 is 1.79. The molecule has 0 saturated heterocycles. The SMILES string of the molecule is Cc1cc(C(C)NCc2cc(C(=O)O)oc2C)c(C)s1. The maximum absolute atomic E-state index is 10.9. The van der Waals surface area contributed by atoms with E-state index in [2.05, 4.69) is 32.2 Å². The predicted octanol–water partition coefficient (Wildman–Crippen LogP) is 3.82. The molecule has 2 N–H and O–H groups in total. The third kappa shape index (κ3) is 3.11. The second kappa shape index (κ2) is 5.81. The lowest BCUT2D eigenvalue weighted by molar-refractivity contribution is 0.0661. The van der Waals surface area contributed by atoms with E-state index >= 15 is 0 Å². The first-order valence-electron chi connectivity index (χ1n) is 6.51. The largest absolute Gasteiger partial charge is 0.475 e. The Morgan fingerprint density at radius 1 is 1.40 bits per heavy atom. The monoisotopic (exact) mass is 293 g/mol. The van der Waals surface area contributed by atoms with Gasteiger partial charge in [-0.3, -0.25) is 0 Å². The molecule has 5 heteroatoms. The molecule has 0 amide bonds. The summed E-state index contributed by atoms with van der Waals surface area (Å²) in [6.45, 7) is 8.72. The highest BCUT2D eigenvalue weighted by Gasteiger charge is 2.15. The molecule has 2 rings (SSSR count). The number of carbonyl (C=O) groups is 1. The van der Waals surface area contributed by atoms with Gasteiger partial charge in [0.25, 0.3) is 0 Å². The molecule has 0 aliphatic heterocycles. The van der Waals surface area contributed by atoms with Gasteiger partial charge < -0.3 is 14.8 Å². The van der Waals surface area contributed by atoms with Crippen molar-refractivity contribution in [1.82, 2.24) is 5.32 Å². The van der Waals surface area contributed by atoms with Crippen LogP contribution in [-0.4, -0.2) is 11.1 Å². The minimum atomic E-state index is -1.03. The van der Waals surface area contributed by atoms with Crippen molar-refractivity contribution in [3.05, 3.63) is 44.5 Å². The van der Waals surface area contributed by atoms with E-state index in [9.17, 15) is 4.79 Å². The van der Waals surface area contributed by atoms with Gasteiger partial charge >= 0.3 is 5.97 Å². The Bertz CT molecular complexity index is 627. The molecule has 0 radical (unpaired) electrons. The van der Waals surface area contributed by atoms with Crippen molar-refractivity contribution in [2.24, 2.45) is 0 Å². The van der Waals surface area contributed by atoms with Gasteiger partial charge in [0.05, 0.1) is 0 Å². The van der Waals surface area contributed by atoms with Crippen LogP contribution in [0.4, 0.5) is 0 Å². The van der Waals surface area contributed by atoms with Crippen molar-refractivity contribution in [3.8, 4) is 0 Å². The first-order valence-corrected chi connectivity index (χ1v) is 7.33. The average Bonchev–Trinajstić information content (AvgIpc) is 2.89. The normalized spacial score (nSPS) is 12.6. The topological polar surface area (TPSA) is 62.5 Å². The fourth-order valence-corrected chi connectivity index (χ4v) is 3.28. The molecule has 0 bridgehead atoms. The van der Waals surface area contributed by atoms with Crippen molar-refractivity contribution in [3.63, 3.8) is 0 Å². The Balaban J connectivity index is 2.05. The second-order valence-corrected chi connectivity index (χ2v) is 6.43. The number of furan rings is 1. The highest BCUT2D eigenvalue weighted by molar-refractivity contribution is 7.12. The van der Waals surface area contributed by atoms with E-state index in [1.807, 2.05) is 0 Å². The molecule has 0 fully saturated rings. The van der Waals surface area contributed by atoms with Crippen molar-refractivity contribution >= 4 is 17.3 Å².